The van der Waals surface area contributed by atoms with Gasteiger partial charge in [0.2, 0.25) is 0 Å². The summed E-state index contributed by atoms with van der Waals surface area (Å²) in [5.41, 5.74) is 0.820. The fourth-order valence-electron chi connectivity index (χ4n) is 2.54. The molecule has 0 spiro atoms. The number of anilines is 1. The van der Waals surface area contributed by atoms with E-state index in [1.165, 1.54) is 6.07 Å². The van der Waals surface area contributed by atoms with Gasteiger partial charge in [-0.05, 0) is 32.0 Å². The first kappa shape index (κ1) is 15.2. The summed E-state index contributed by atoms with van der Waals surface area (Å²) < 4.78 is 0. The second-order valence-corrected chi connectivity index (χ2v) is 5.08. The summed E-state index contributed by atoms with van der Waals surface area (Å²) in [5, 5.41) is 17.2. The maximum atomic E-state index is 11.8. The molecule has 0 aliphatic carbocycles. The zero-order valence-corrected chi connectivity index (χ0v) is 12.3. The molecule has 1 amide bonds. The number of rotatable bonds is 5. The number of nitro benzene ring substituents is 1. The molecule has 1 fully saturated rings. The van der Waals surface area contributed by atoms with Gasteiger partial charge < -0.3 is 15.5 Å². The number of hydrogen-bond donors (Lipinski definition) is 2. The van der Waals surface area contributed by atoms with Crippen LogP contribution in [0.2, 0.25) is 0 Å². The number of carbonyl (C=O) groups excluding carboxylic acids is 1. The Morgan fingerprint density at radius 2 is 2.33 bits per heavy atom. The summed E-state index contributed by atoms with van der Waals surface area (Å²) in [6.45, 7) is 4.02. The highest BCUT2D eigenvalue weighted by Crippen LogP contribution is 2.30. The first-order valence-electron chi connectivity index (χ1n) is 7.04. The van der Waals surface area contributed by atoms with Gasteiger partial charge in [-0.15, -0.1) is 0 Å². The fraction of sp³-hybridized carbons (Fsp3) is 0.500. The van der Waals surface area contributed by atoms with Crippen LogP contribution < -0.4 is 15.5 Å². The average Bonchev–Trinajstić information content (AvgIpc) is 3.00. The predicted molar refractivity (Wildman–Crippen MR) is 80.8 cm³/mol. The summed E-state index contributed by atoms with van der Waals surface area (Å²) in [6, 6.07) is 4.87. The molecule has 1 aromatic rings. The van der Waals surface area contributed by atoms with E-state index in [0.29, 0.717) is 17.8 Å². The van der Waals surface area contributed by atoms with Gasteiger partial charge in [-0.25, -0.2) is 0 Å². The standard InChI is InChI=1S/C14H20N4O3/c1-3-16-14(19)10-4-5-12(13(8-10)18(20)21)17(2)11-6-7-15-9-11/h4-5,8,11,15H,3,6-7,9H2,1-2H3,(H,16,19). The first-order chi connectivity index (χ1) is 10.0. The minimum Gasteiger partial charge on any atom is -0.365 e. The lowest BCUT2D eigenvalue weighted by atomic mass is 10.1. The Morgan fingerprint density at radius 3 is 2.90 bits per heavy atom. The number of hydrogen-bond acceptors (Lipinski definition) is 5. The molecule has 1 saturated heterocycles. The third-order valence-electron chi connectivity index (χ3n) is 3.73. The van der Waals surface area contributed by atoms with Crippen LogP contribution in [0.3, 0.4) is 0 Å². The summed E-state index contributed by atoms with van der Waals surface area (Å²) in [7, 11) is 1.85. The minimum atomic E-state index is -0.434. The van der Waals surface area contributed by atoms with Crippen molar-refractivity contribution in [2.24, 2.45) is 0 Å². The van der Waals surface area contributed by atoms with Crippen molar-refractivity contribution in [2.75, 3.05) is 31.6 Å². The van der Waals surface area contributed by atoms with Gasteiger partial charge >= 0.3 is 0 Å². The third-order valence-corrected chi connectivity index (χ3v) is 3.73. The molecule has 0 saturated carbocycles. The third kappa shape index (κ3) is 3.30. The van der Waals surface area contributed by atoms with Crippen LogP contribution in [0.4, 0.5) is 11.4 Å². The smallest absolute Gasteiger partial charge is 0.293 e. The second kappa shape index (κ2) is 6.53. The molecular formula is C14H20N4O3. The summed E-state index contributed by atoms with van der Waals surface area (Å²) in [6.07, 6.45) is 0.950. The molecule has 1 atom stereocenters. The van der Waals surface area contributed by atoms with Gasteiger partial charge in [-0.1, -0.05) is 0 Å². The Kier molecular flexibility index (Phi) is 4.74. The molecule has 7 nitrogen and oxygen atoms in total. The SMILES string of the molecule is CCNC(=O)c1ccc(N(C)C2CCNC2)c([N+](=O)[O-])c1. The van der Waals surface area contributed by atoms with Crippen molar-refractivity contribution in [3.05, 3.63) is 33.9 Å². The van der Waals surface area contributed by atoms with Crippen molar-refractivity contribution in [2.45, 2.75) is 19.4 Å². The van der Waals surface area contributed by atoms with Crippen LogP contribution in [0.15, 0.2) is 18.2 Å². The molecule has 0 aromatic heterocycles. The van der Waals surface area contributed by atoms with Crippen molar-refractivity contribution in [3.63, 3.8) is 0 Å². The van der Waals surface area contributed by atoms with E-state index >= 15 is 0 Å². The molecule has 0 bridgehead atoms. The number of nitrogens with one attached hydrogen (secondary N) is 2. The highest BCUT2D eigenvalue weighted by molar-refractivity contribution is 5.95. The molecule has 1 heterocycles. The van der Waals surface area contributed by atoms with Gasteiger partial charge in [0.05, 0.1) is 4.92 Å². The lowest BCUT2D eigenvalue weighted by molar-refractivity contribution is -0.384. The predicted octanol–water partition coefficient (Wildman–Crippen LogP) is 1.14. The molecule has 1 aliphatic heterocycles. The van der Waals surface area contributed by atoms with E-state index in [2.05, 4.69) is 10.6 Å². The second-order valence-electron chi connectivity index (χ2n) is 5.08. The number of benzene rings is 1. The van der Waals surface area contributed by atoms with Crippen molar-refractivity contribution in [1.29, 1.82) is 0 Å². The largest absolute Gasteiger partial charge is 0.365 e. The lowest BCUT2D eigenvalue weighted by Crippen LogP contribution is -2.33. The Balaban J connectivity index is 2.32. The van der Waals surface area contributed by atoms with Gasteiger partial charge in [0.15, 0.2) is 0 Å². The van der Waals surface area contributed by atoms with Gasteiger partial charge in [0.25, 0.3) is 11.6 Å². The summed E-state index contributed by atoms with van der Waals surface area (Å²) in [5.74, 6) is -0.294. The highest BCUT2D eigenvalue weighted by Gasteiger charge is 2.26. The Morgan fingerprint density at radius 1 is 1.57 bits per heavy atom. The van der Waals surface area contributed by atoms with Gasteiger partial charge in [0, 0.05) is 37.8 Å². The summed E-state index contributed by atoms with van der Waals surface area (Å²) in [4.78, 5) is 24.6. The van der Waals surface area contributed by atoms with Crippen LogP contribution in [-0.4, -0.2) is 43.6 Å². The monoisotopic (exact) mass is 292 g/mol. The maximum Gasteiger partial charge on any atom is 0.293 e. The zero-order chi connectivity index (χ0) is 15.4. The van der Waals surface area contributed by atoms with E-state index in [-0.39, 0.29) is 17.6 Å². The van der Waals surface area contributed by atoms with Crippen LogP contribution in [0.1, 0.15) is 23.7 Å². The van der Waals surface area contributed by atoms with Crippen molar-refractivity contribution in [1.82, 2.24) is 10.6 Å². The molecule has 2 rings (SSSR count). The Bertz CT molecular complexity index is 541. The molecule has 2 N–H and O–H groups in total. The number of amides is 1. The topological polar surface area (TPSA) is 87.5 Å². The number of carbonyl (C=O) groups is 1. The Labute approximate surface area is 123 Å². The quantitative estimate of drug-likeness (QED) is 0.628. The fourth-order valence-corrected chi connectivity index (χ4v) is 2.54. The van der Waals surface area contributed by atoms with Crippen molar-refractivity contribution >= 4 is 17.3 Å². The molecule has 1 aliphatic rings. The van der Waals surface area contributed by atoms with E-state index in [1.54, 1.807) is 12.1 Å². The highest BCUT2D eigenvalue weighted by atomic mass is 16.6. The van der Waals surface area contributed by atoms with Crippen LogP contribution in [0, 0.1) is 10.1 Å². The summed E-state index contributed by atoms with van der Waals surface area (Å²) >= 11 is 0. The molecule has 21 heavy (non-hydrogen) atoms. The Hall–Kier alpha value is -2.15. The maximum absolute atomic E-state index is 11.8. The number of likely N-dealkylation sites (N-methyl/N-ethyl adjacent to an activating group) is 1. The molecule has 0 radical (unpaired) electrons. The molecule has 114 valence electrons. The number of nitrogens with zero attached hydrogens (tertiary/aromatic N) is 2. The van der Waals surface area contributed by atoms with Crippen LogP contribution >= 0.6 is 0 Å². The van der Waals surface area contributed by atoms with E-state index < -0.39 is 4.92 Å². The van der Waals surface area contributed by atoms with E-state index in [1.807, 2.05) is 18.9 Å². The lowest BCUT2D eigenvalue weighted by Gasteiger charge is -2.25. The normalized spacial score (nSPS) is 17.5. The first-order valence-corrected chi connectivity index (χ1v) is 7.04. The number of nitro groups is 1. The van der Waals surface area contributed by atoms with E-state index in [9.17, 15) is 14.9 Å². The van der Waals surface area contributed by atoms with E-state index in [0.717, 1.165) is 19.5 Å². The molecule has 7 heteroatoms. The minimum absolute atomic E-state index is 0.0341. The molecular weight excluding hydrogens is 272 g/mol. The van der Waals surface area contributed by atoms with E-state index in [4.69, 9.17) is 0 Å². The van der Waals surface area contributed by atoms with Gasteiger partial charge in [-0.3, -0.25) is 14.9 Å². The average molecular weight is 292 g/mol. The van der Waals surface area contributed by atoms with Crippen LogP contribution in [0.5, 0.6) is 0 Å². The van der Waals surface area contributed by atoms with Crippen LogP contribution in [0.25, 0.3) is 0 Å². The molecule has 1 aromatic carbocycles. The molecule has 1 unspecified atom stereocenters. The van der Waals surface area contributed by atoms with Gasteiger partial charge in [0.1, 0.15) is 5.69 Å². The van der Waals surface area contributed by atoms with Crippen LogP contribution in [-0.2, 0) is 0 Å². The van der Waals surface area contributed by atoms with Crippen molar-refractivity contribution < 1.29 is 9.72 Å². The van der Waals surface area contributed by atoms with Gasteiger partial charge in [-0.2, -0.15) is 0 Å². The van der Waals surface area contributed by atoms with Crippen molar-refractivity contribution in [3.8, 4) is 0 Å². The zero-order valence-electron chi connectivity index (χ0n) is 12.3.